The normalized spacial score (nSPS) is 12.0. The van der Waals surface area contributed by atoms with Gasteiger partial charge in [-0.15, -0.1) is 13.2 Å². The summed E-state index contributed by atoms with van der Waals surface area (Å²) in [7, 11) is 0. The van der Waals surface area contributed by atoms with Crippen LogP contribution in [-0.2, 0) is 0 Å². The van der Waals surface area contributed by atoms with Crippen molar-refractivity contribution in [3.05, 3.63) is 28.3 Å². The lowest BCUT2D eigenvalue weighted by molar-refractivity contribution is -0.274. The summed E-state index contributed by atoms with van der Waals surface area (Å²) in [6.45, 7) is 5.54. The van der Waals surface area contributed by atoms with E-state index in [1.54, 1.807) is 6.92 Å². The van der Waals surface area contributed by atoms with E-state index in [2.05, 4.69) is 4.74 Å². The summed E-state index contributed by atoms with van der Waals surface area (Å²) in [5.41, 5.74) is 1.54. The van der Waals surface area contributed by atoms with Crippen molar-refractivity contribution in [2.24, 2.45) is 0 Å². The maximum Gasteiger partial charge on any atom is 0.573 e. The lowest BCUT2D eigenvalue weighted by Crippen LogP contribution is -2.17. The molecule has 0 spiro atoms. The predicted octanol–water partition coefficient (Wildman–Crippen LogP) is 4.67. The van der Waals surface area contributed by atoms with Crippen LogP contribution < -0.4 is 4.74 Å². The molecule has 0 aromatic heterocycles. The molecule has 0 aliphatic rings. The maximum atomic E-state index is 12.0. The van der Waals surface area contributed by atoms with Gasteiger partial charge in [0.15, 0.2) is 0 Å². The molecule has 0 N–H and O–H groups in total. The third-order valence-electron chi connectivity index (χ3n) is 2.21. The molecule has 0 aliphatic heterocycles. The number of hydrogen-bond donors (Lipinski definition) is 0. The summed E-state index contributed by atoms with van der Waals surface area (Å²) in [5.74, 6) is -0.180. The first-order valence-corrected chi connectivity index (χ1v) is 5.14. The standard InChI is InChI=1S/C11H12ClF3O/c1-6(2)9-4-8(16-11(13,14)15)5-10(12)7(9)3/h4-6H,1-3H3. The Hall–Kier alpha value is -0.900. The van der Waals surface area contributed by atoms with Gasteiger partial charge in [0.2, 0.25) is 0 Å². The Kier molecular flexibility index (Phi) is 3.73. The summed E-state index contributed by atoms with van der Waals surface area (Å²) in [6.07, 6.45) is -4.69. The SMILES string of the molecule is Cc1c(Cl)cc(OC(F)(F)F)cc1C(C)C. The molecular formula is C11H12ClF3O. The fraction of sp³-hybridized carbons (Fsp3) is 0.455. The van der Waals surface area contributed by atoms with Gasteiger partial charge in [0.05, 0.1) is 0 Å². The molecular weight excluding hydrogens is 241 g/mol. The minimum absolute atomic E-state index is 0.0919. The largest absolute Gasteiger partial charge is 0.573 e. The van der Waals surface area contributed by atoms with Gasteiger partial charge in [-0.1, -0.05) is 25.4 Å². The quantitative estimate of drug-likeness (QED) is 0.743. The van der Waals surface area contributed by atoms with Crippen LogP contribution in [0.5, 0.6) is 5.75 Å². The predicted molar refractivity (Wildman–Crippen MR) is 57.0 cm³/mol. The first-order chi connectivity index (χ1) is 7.20. The molecule has 0 saturated carbocycles. The number of hydrogen-bond acceptors (Lipinski definition) is 1. The molecule has 1 aromatic carbocycles. The fourth-order valence-electron chi connectivity index (χ4n) is 1.47. The van der Waals surface area contributed by atoms with Crippen LogP contribution in [0.15, 0.2) is 12.1 Å². The van der Waals surface area contributed by atoms with E-state index in [9.17, 15) is 13.2 Å². The van der Waals surface area contributed by atoms with Crippen LogP contribution in [0.4, 0.5) is 13.2 Å². The van der Waals surface area contributed by atoms with E-state index < -0.39 is 6.36 Å². The summed E-state index contributed by atoms with van der Waals surface area (Å²) < 4.78 is 40.0. The molecule has 0 aliphatic carbocycles. The average Bonchev–Trinajstić information content (AvgIpc) is 2.07. The van der Waals surface area contributed by atoms with Crippen molar-refractivity contribution in [3.63, 3.8) is 0 Å². The molecule has 1 nitrogen and oxygen atoms in total. The van der Waals surface area contributed by atoms with Crippen LogP contribution in [0.1, 0.15) is 30.9 Å². The first-order valence-electron chi connectivity index (χ1n) is 4.76. The van der Waals surface area contributed by atoms with Crippen molar-refractivity contribution in [2.75, 3.05) is 0 Å². The van der Waals surface area contributed by atoms with E-state index in [1.807, 2.05) is 13.8 Å². The zero-order valence-corrected chi connectivity index (χ0v) is 9.91. The first kappa shape index (κ1) is 13.2. The summed E-state index contributed by atoms with van der Waals surface area (Å²) in [5, 5.41) is 0.283. The molecule has 16 heavy (non-hydrogen) atoms. The lowest BCUT2D eigenvalue weighted by atomic mass is 9.98. The van der Waals surface area contributed by atoms with E-state index in [0.717, 1.165) is 11.1 Å². The van der Waals surface area contributed by atoms with Gasteiger partial charge >= 0.3 is 6.36 Å². The van der Waals surface area contributed by atoms with E-state index in [1.165, 1.54) is 12.1 Å². The van der Waals surface area contributed by atoms with Gasteiger partial charge in [-0.05, 0) is 36.1 Å². The van der Waals surface area contributed by atoms with Gasteiger partial charge < -0.3 is 4.74 Å². The smallest absolute Gasteiger partial charge is 0.406 e. The highest BCUT2D eigenvalue weighted by molar-refractivity contribution is 6.31. The Balaban J connectivity index is 3.14. The maximum absolute atomic E-state index is 12.0. The molecule has 0 unspecified atom stereocenters. The molecule has 5 heteroatoms. The lowest BCUT2D eigenvalue weighted by Gasteiger charge is -2.15. The molecule has 0 saturated heterocycles. The van der Waals surface area contributed by atoms with Crippen molar-refractivity contribution in [2.45, 2.75) is 33.1 Å². The van der Waals surface area contributed by atoms with E-state index in [4.69, 9.17) is 11.6 Å². The number of halogens is 4. The zero-order chi connectivity index (χ0) is 12.5. The fourth-order valence-corrected chi connectivity index (χ4v) is 1.68. The molecule has 0 atom stereocenters. The highest BCUT2D eigenvalue weighted by Crippen LogP contribution is 2.33. The van der Waals surface area contributed by atoms with Gasteiger partial charge in [-0.2, -0.15) is 0 Å². The second-order valence-corrected chi connectivity index (χ2v) is 4.23. The van der Waals surface area contributed by atoms with Gasteiger partial charge in [0.25, 0.3) is 0 Å². The van der Waals surface area contributed by atoms with Crippen molar-refractivity contribution in [3.8, 4) is 5.75 Å². The molecule has 1 aromatic rings. The number of benzene rings is 1. The number of ether oxygens (including phenoxy) is 1. The van der Waals surface area contributed by atoms with Crippen molar-refractivity contribution >= 4 is 11.6 Å². The van der Waals surface area contributed by atoms with E-state index >= 15 is 0 Å². The van der Waals surface area contributed by atoms with Crippen LogP contribution in [0.25, 0.3) is 0 Å². The van der Waals surface area contributed by atoms with Crippen LogP contribution in [-0.4, -0.2) is 6.36 Å². The summed E-state index contributed by atoms with van der Waals surface area (Å²) in [6, 6.07) is 2.55. The Morgan fingerprint density at radius 3 is 2.25 bits per heavy atom. The van der Waals surface area contributed by atoms with E-state index in [-0.39, 0.29) is 16.7 Å². The Morgan fingerprint density at radius 2 is 1.81 bits per heavy atom. The van der Waals surface area contributed by atoms with Crippen LogP contribution in [0.3, 0.4) is 0 Å². The van der Waals surface area contributed by atoms with Crippen LogP contribution in [0, 0.1) is 6.92 Å². The molecule has 0 fully saturated rings. The molecule has 1 rings (SSSR count). The summed E-state index contributed by atoms with van der Waals surface area (Å²) >= 11 is 5.84. The third kappa shape index (κ3) is 3.30. The average molecular weight is 253 g/mol. The minimum Gasteiger partial charge on any atom is -0.406 e. The van der Waals surface area contributed by atoms with Gasteiger partial charge in [0.1, 0.15) is 5.75 Å². The van der Waals surface area contributed by atoms with Gasteiger partial charge in [-0.25, -0.2) is 0 Å². The summed E-state index contributed by atoms with van der Waals surface area (Å²) in [4.78, 5) is 0. The monoisotopic (exact) mass is 252 g/mol. The topological polar surface area (TPSA) is 9.23 Å². The van der Waals surface area contributed by atoms with Crippen LogP contribution in [0.2, 0.25) is 5.02 Å². The molecule has 0 heterocycles. The Bertz CT molecular complexity index is 386. The second-order valence-electron chi connectivity index (χ2n) is 3.82. The molecule has 0 amide bonds. The molecule has 90 valence electrons. The zero-order valence-electron chi connectivity index (χ0n) is 9.15. The van der Waals surface area contributed by atoms with Gasteiger partial charge in [-0.3, -0.25) is 0 Å². The minimum atomic E-state index is -4.69. The number of alkyl halides is 3. The second kappa shape index (κ2) is 4.53. The Labute approximate surface area is 97.2 Å². The van der Waals surface area contributed by atoms with Crippen molar-refractivity contribution < 1.29 is 17.9 Å². The van der Waals surface area contributed by atoms with E-state index in [0.29, 0.717) is 0 Å². The third-order valence-corrected chi connectivity index (χ3v) is 2.61. The number of rotatable bonds is 2. The Morgan fingerprint density at radius 1 is 1.25 bits per heavy atom. The van der Waals surface area contributed by atoms with Gasteiger partial charge in [0, 0.05) is 5.02 Å². The molecule has 0 radical (unpaired) electrons. The van der Waals surface area contributed by atoms with Crippen molar-refractivity contribution in [1.29, 1.82) is 0 Å². The highest BCUT2D eigenvalue weighted by Gasteiger charge is 2.31. The molecule has 0 bridgehead atoms. The van der Waals surface area contributed by atoms with Crippen molar-refractivity contribution in [1.82, 2.24) is 0 Å². The highest BCUT2D eigenvalue weighted by atomic mass is 35.5. The van der Waals surface area contributed by atoms with Crippen LogP contribution >= 0.6 is 11.6 Å².